The van der Waals surface area contributed by atoms with Gasteiger partial charge in [-0.15, -0.1) is 0 Å². The minimum Gasteiger partial charge on any atom is -0.431 e. The van der Waals surface area contributed by atoms with E-state index in [2.05, 4.69) is 10.3 Å². The average Bonchev–Trinajstić information content (AvgIpc) is 3.26. The van der Waals surface area contributed by atoms with E-state index in [4.69, 9.17) is 4.42 Å². The van der Waals surface area contributed by atoms with Crippen LogP contribution in [0.5, 0.6) is 0 Å². The van der Waals surface area contributed by atoms with Gasteiger partial charge in [-0.2, -0.15) is 30.9 Å². The Bertz CT molecular complexity index is 1110. The third-order valence-electron chi connectivity index (χ3n) is 5.66. The molecule has 4 rings (SSSR count). The van der Waals surface area contributed by atoms with Crippen LogP contribution in [0.2, 0.25) is 0 Å². The zero-order chi connectivity index (χ0) is 22.4. The number of halogens is 3. The minimum atomic E-state index is -4.52. The Hall–Kier alpha value is -2.60. The second-order valence-corrected chi connectivity index (χ2v) is 9.48. The quantitative estimate of drug-likeness (QED) is 0.707. The van der Waals surface area contributed by atoms with Crippen molar-refractivity contribution in [3.05, 3.63) is 41.3 Å². The number of carbonyl (C=O) groups excluding carboxylic acids is 1. The summed E-state index contributed by atoms with van der Waals surface area (Å²) in [4.78, 5) is 16.3. The summed E-state index contributed by atoms with van der Waals surface area (Å²) in [6, 6.07) is 2.91. The summed E-state index contributed by atoms with van der Waals surface area (Å²) in [6.45, 7) is 1.95. The highest BCUT2D eigenvalue weighted by Gasteiger charge is 2.54. The predicted molar refractivity (Wildman–Crippen MR) is 105 cm³/mol. The molecule has 1 amide bonds. The lowest BCUT2D eigenvalue weighted by Gasteiger charge is -2.34. The van der Waals surface area contributed by atoms with Crippen LogP contribution in [0.15, 0.2) is 28.9 Å². The second-order valence-electron chi connectivity index (χ2n) is 7.88. The van der Waals surface area contributed by atoms with Crippen LogP contribution in [0.1, 0.15) is 53.7 Å². The minimum absolute atomic E-state index is 0.0975. The Morgan fingerprint density at radius 3 is 2.65 bits per heavy atom. The van der Waals surface area contributed by atoms with Crippen molar-refractivity contribution in [3.63, 3.8) is 0 Å². The van der Waals surface area contributed by atoms with Crippen molar-refractivity contribution in [1.29, 1.82) is 0 Å². The Labute approximate surface area is 177 Å². The number of nitrogens with zero attached hydrogens (tertiary/aromatic N) is 2. The van der Waals surface area contributed by atoms with Crippen molar-refractivity contribution in [2.75, 3.05) is 11.9 Å². The van der Waals surface area contributed by atoms with Crippen LogP contribution in [0.25, 0.3) is 0 Å². The molecule has 12 heteroatoms. The van der Waals surface area contributed by atoms with E-state index in [1.54, 1.807) is 6.92 Å². The lowest BCUT2D eigenvalue weighted by atomic mass is 10.0. The molecule has 2 aliphatic rings. The zero-order valence-electron chi connectivity index (χ0n) is 16.6. The van der Waals surface area contributed by atoms with Gasteiger partial charge in [-0.3, -0.25) is 4.79 Å². The Kier molecular flexibility index (Phi) is 5.24. The fourth-order valence-electron chi connectivity index (χ4n) is 3.80. The van der Waals surface area contributed by atoms with E-state index < -0.39 is 27.9 Å². The van der Waals surface area contributed by atoms with Gasteiger partial charge in [0.25, 0.3) is 11.9 Å². The van der Waals surface area contributed by atoms with E-state index in [-0.39, 0.29) is 22.9 Å². The number of hydrogen-bond donors (Lipinski definition) is 2. The molecule has 8 nitrogen and oxygen atoms in total. The Morgan fingerprint density at radius 1 is 1.23 bits per heavy atom. The van der Waals surface area contributed by atoms with Crippen LogP contribution < -0.4 is 10.0 Å². The maximum Gasteiger partial charge on any atom is 0.416 e. The standard InChI is InChI=1S/C19H21F3N4O4S/c1-12-4-5-13(19(20,21)22)10-14(12)23-17-24-15(11-30-17)16(27)25-31(28,29)26-9-3-2-6-18(26)7-8-18/h4-5,10-11H,2-3,6-9H2,1H3,(H,23,24)(H,25,27). The molecule has 31 heavy (non-hydrogen) atoms. The van der Waals surface area contributed by atoms with Crippen molar-refractivity contribution in [2.45, 2.75) is 50.7 Å². The number of benzene rings is 1. The van der Waals surface area contributed by atoms with Gasteiger partial charge in [0.1, 0.15) is 6.26 Å². The summed E-state index contributed by atoms with van der Waals surface area (Å²) in [7, 11) is -4.05. The van der Waals surface area contributed by atoms with Gasteiger partial charge in [-0.25, -0.2) is 4.72 Å². The largest absolute Gasteiger partial charge is 0.431 e. The number of anilines is 2. The second kappa shape index (κ2) is 7.52. The van der Waals surface area contributed by atoms with Gasteiger partial charge in [0.15, 0.2) is 5.69 Å². The molecule has 1 saturated heterocycles. The Balaban J connectivity index is 1.47. The van der Waals surface area contributed by atoms with Gasteiger partial charge in [0, 0.05) is 17.8 Å². The predicted octanol–water partition coefficient (Wildman–Crippen LogP) is 3.74. The molecule has 168 valence electrons. The molecule has 1 aliphatic heterocycles. The fraction of sp³-hybridized carbons (Fsp3) is 0.474. The van der Waals surface area contributed by atoms with Crippen LogP contribution in [0.4, 0.5) is 24.9 Å². The number of aryl methyl sites for hydroxylation is 1. The molecule has 0 bridgehead atoms. The number of oxazole rings is 1. The van der Waals surface area contributed by atoms with Crippen LogP contribution in [-0.2, 0) is 16.4 Å². The lowest BCUT2D eigenvalue weighted by Crippen LogP contribution is -2.51. The molecule has 2 heterocycles. The molecule has 2 fully saturated rings. The van der Waals surface area contributed by atoms with Gasteiger partial charge >= 0.3 is 16.4 Å². The normalized spacial score (nSPS) is 18.7. The molecular formula is C19H21F3N4O4S. The fourth-order valence-corrected chi connectivity index (χ4v) is 5.40. The first-order valence-corrected chi connectivity index (χ1v) is 11.2. The molecule has 1 aliphatic carbocycles. The van der Waals surface area contributed by atoms with Crippen LogP contribution >= 0.6 is 0 Å². The van der Waals surface area contributed by atoms with Crippen molar-refractivity contribution in [1.82, 2.24) is 14.0 Å². The van der Waals surface area contributed by atoms with Crippen LogP contribution in [0, 0.1) is 6.92 Å². The Morgan fingerprint density at radius 2 is 1.97 bits per heavy atom. The molecule has 2 N–H and O–H groups in total. The molecule has 1 aromatic carbocycles. The summed E-state index contributed by atoms with van der Waals surface area (Å²) in [6.07, 6.45) is 0.425. The van der Waals surface area contributed by atoms with Crippen LogP contribution in [-0.4, -0.2) is 35.7 Å². The molecule has 1 saturated carbocycles. The average molecular weight is 458 g/mol. The van der Waals surface area contributed by atoms with Gasteiger partial charge in [-0.1, -0.05) is 12.5 Å². The first-order chi connectivity index (χ1) is 14.5. The van der Waals surface area contributed by atoms with E-state index in [9.17, 15) is 26.4 Å². The summed E-state index contributed by atoms with van der Waals surface area (Å²) in [5.41, 5.74) is -0.953. The summed E-state index contributed by atoms with van der Waals surface area (Å²) in [5.74, 6) is -0.973. The molecule has 0 radical (unpaired) electrons. The summed E-state index contributed by atoms with van der Waals surface area (Å²) in [5, 5.41) is 2.59. The van der Waals surface area contributed by atoms with Crippen molar-refractivity contribution >= 4 is 27.8 Å². The smallest absolute Gasteiger partial charge is 0.416 e. The number of alkyl halides is 3. The maximum atomic E-state index is 12.9. The number of rotatable bonds is 5. The molecule has 0 atom stereocenters. The number of hydrogen-bond acceptors (Lipinski definition) is 6. The number of nitrogens with one attached hydrogen (secondary N) is 2. The third-order valence-corrected chi connectivity index (χ3v) is 7.26. The number of amides is 1. The van der Waals surface area contributed by atoms with E-state index in [1.165, 1.54) is 10.4 Å². The first kappa shape index (κ1) is 21.6. The maximum absolute atomic E-state index is 12.9. The molecule has 1 spiro atoms. The van der Waals surface area contributed by atoms with Crippen LogP contribution in [0.3, 0.4) is 0 Å². The van der Waals surface area contributed by atoms with Gasteiger partial charge < -0.3 is 9.73 Å². The number of carbonyl (C=O) groups is 1. The van der Waals surface area contributed by atoms with E-state index in [0.29, 0.717) is 12.1 Å². The van der Waals surface area contributed by atoms with Gasteiger partial charge in [0.05, 0.1) is 5.56 Å². The molecule has 1 aromatic heterocycles. The molecular weight excluding hydrogens is 437 g/mol. The zero-order valence-corrected chi connectivity index (χ0v) is 17.4. The molecule has 0 unspecified atom stereocenters. The number of aromatic nitrogens is 1. The first-order valence-electron chi connectivity index (χ1n) is 9.76. The summed E-state index contributed by atoms with van der Waals surface area (Å²) >= 11 is 0. The van der Waals surface area contributed by atoms with Crippen molar-refractivity contribution in [3.8, 4) is 0 Å². The number of piperidine rings is 1. The van der Waals surface area contributed by atoms with E-state index in [0.717, 1.165) is 50.5 Å². The van der Waals surface area contributed by atoms with Crippen molar-refractivity contribution in [2.24, 2.45) is 0 Å². The van der Waals surface area contributed by atoms with Gasteiger partial charge in [-0.05, 0) is 50.3 Å². The SMILES string of the molecule is Cc1ccc(C(F)(F)F)cc1Nc1nc(C(=O)NS(=O)(=O)N2CCCCC23CC3)co1. The highest BCUT2D eigenvalue weighted by Crippen LogP contribution is 2.49. The highest BCUT2D eigenvalue weighted by molar-refractivity contribution is 7.87. The highest BCUT2D eigenvalue weighted by atomic mass is 32.2. The molecule has 2 aromatic rings. The van der Waals surface area contributed by atoms with E-state index in [1.807, 2.05) is 4.72 Å². The van der Waals surface area contributed by atoms with Crippen molar-refractivity contribution < 1.29 is 30.8 Å². The van der Waals surface area contributed by atoms with Gasteiger partial charge in [0.2, 0.25) is 0 Å². The lowest BCUT2D eigenvalue weighted by molar-refractivity contribution is -0.137. The van der Waals surface area contributed by atoms with E-state index >= 15 is 0 Å². The topological polar surface area (TPSA) is 105 Å². The monoisotopic (exact) mass is 458 g/mol. The third kappa shape index (κ3) is 4.40. The summed E-state index contributed by atoms with van der Waals surface area (Å²) < 4.78 is 72.7.